The lowest BCUT2D eigenvalue weighted by Gasteiger charge is -2.22. The first-order valence-corrected chi connectivity index (χ1v) is 4.70. The zero-order valence-electron chi connectivity index (χ0n) is 7.18. The molecule has 0 aromatic carbocycles. The van der Waals surface area contributed by atoms with Crippen LogP contribution in [0.15, 0.2) is 0 Å². The number of rotatable bonds is 1. The van der Waals surface area contributed by atoms with E-state index in [1.807, 2.05) is 0 Å². The third-order valence-corrected chi connectivity index (χ3v) is 3.29. The van der Waals surface area contributed by atoms with Crippen molar-refractivity contribution in [3.05, 3.63) is 0 Å². The van der Waals surface area contributed by atoms with E-state index in [-0.39, 0.29) is 11.5 Å². The van der Waals surface area contributed by atoms with Crippen molar-refractivity contribution < 1.29 is 9.90 Å². The molecule has 0 aromatic rings. The Morgan fingerprint density at radius 1 is 1.50 bits per heavy atom. The summed E-state index contributed by atoms with van der Waals surface area (Å²) in [5.41, 5.74) is 0.211. The number of carboxylic acids is 1. The molecule has 1 unspecified atom stereocenters. The molecule has 3 heteroatoms. The molecule has 1 aliphatic carbocycles. The van der Waals surface area contributed by atoms with E-state index in [4.69, 9.17) is 5.11 Å². The van der Waals surface area contributed by atoms with Crippen LogP contribution in [0.5, 0.6) is 0 Å². The molecule has 1 saturated carbocycles. The number of nitrogens with one attached hydrogen (secondary N) is 1. The van der Waals surface area contributed by atoms with Gasteiger partial charge in [-0.25, -0.2) is 0 Å². The molecular weight excluding hydrogens is 154 g/mol. The van der Waals surface area contributed by atoms with Gasteiger partial charge in [0, 0.05) is 5.54 Å². The van der Waals surface area contributed by atoms with Gasteiger partial charge >= 0.3 is 5.97 Å². The van der Waals surface area contributed by atoms with Crippen LogP contribution in [0.25, 0.3) is 0 Å². The van der Waals surface area contributed by atoms with Crippen molar-refractivity contribution in [3.8, 4) is 0 Å². The van der Waals surface area contributed by atoms with Crippen molar-refractivity contribution in [2.45, 2.75) is 37.6 Å². The summed E-state index contributed by atoms with van der Waals surface area (Å²) in [6.45, 7) is 1.08. The van der Waals surface area contributed by atoms with E-state index in [0.29, 0.717) is 0 Å². The number of hydrogen-bond acceptors (Lipinski definition) is 2. The van der Waals surface area contributed by atoms with Gasteiger partial charge in [-0.2, -0.15) is 0 Å². The Balaban J connectivity index is 2.01. The average Bonchev–Trinajstić information content (AvgIpc) is 2.62. The first-order valence-electron chi connectivity index (χ1n) is 4.70. The maximum Gasteiger partial charge on any atom is 0.306 e. The summed E-state index contributed by atoms with van der Waals surface area (Å²) >= 11 is 0. The molecule has 0 radical (unpaired) electrons. The van der Waals surface area contributed by atoms with Crippen molar-refractivity contribution in [2.75, 3.05) is 6.54 Å². The Labute approximate surface area is 72.2 Å². The largest absolute Gasteiger partial charge is 0.481 e. The van der Waals surface area contributed by atoms with Crippen LogP contribution in [0, 0.1) is 5.92 Å². The van der Waals surface area contributed by atoms with Crippen molar-refractivity contribution in [1.29, 1.82) is 0 Å². The van der Waals surface area contributed by atoms with Crippen LogP contribution in [-0.4, -0.2) is 23.2 Å². The quantitative estimate of drug-likeness (QED) is 0.615. The van der Waals surface area contributed by atoms with Gasteiger partial charge in [0.05, 0.1) is 5.92 Å². The van der Waals surface area contributed by atoms with E-state index < -0.39 is 5.97 Å². The standard InChI is InChI=1S/C9H15NO2/c11-8(12)7-2-4-9(6-7)3-1-5-10-9/h7,10H,1-6H2,(H,11,12)/t7-,9?/m0/s1. The van der Waals surface area contributed by atoms with Crippen molar-refractivity contribution in [3.63, 3.8) is 0 Å². The number of hydrogen-bond donors (Lipinski definition) is 2. The van der Waals surface area contributed by atoms with Crippen LogP contribution in [-0.2, 0) is 4.79 Å². The summed E-state index contributed by atoms with van der Waals surface area (Å²) in [5.74, 6) is -0.698. The van der Waals surface area contributed by atoms with Crippen LogP contribution in [0.2, 0.25) is 0 Å². The average molecular weight is 169 g/mol. The third kappa shape index (κ3) is 1.22. The van der Waals surface area contributed by atoms with Gasteiger partial charge in [-0.3, -0.25) is 4.79 Å². The second-order valence-corrected chi connectivity index (χ2v) is 4.09. The number of aliphatic carboxylic acids is 1. The molecule has 0 bridgehead atoms. The van der Waals surface area contributed by atoms with Crippen LogP contribution in [0.4, 0.5) is 0 Å². The summed E-state index contributed by atoms with van der Waals surface area (Å²) in [5, 5.41) is 12.3. The Morgan fingerprint density at radius 3 is 2.83 bits per heavy atom. The summed E-state index contributed by atoms with van der Waals surface area (Å²) in [4.78, 5) is 10.7. The maximum atomic E-state index is 10.7. The van der Waals surface area contributed by atoms with Gasteiger partial charge in [-0.05, 0) is 38.6 Å². The summed E-state index contributed by atoms with van der Waals surface area (Å²) in [6, 6.07) is 0. The molecule has 1 spiro atoms. The van der Waals surface area contributed by atoms with Gasteiger partial charge < -0.3 is 10.4 Å². The van der Waals surface area contributed by atoms with E-state index in [1.165, 1.54) is 12.8 Å². The predicted molar refractivity (Wildman–Crippen MR) is 44.9 cm³/mol. The molecule has 1 heterocycles. The first-order chi connectivity index (χ1) is 5.72. The lowest BCUT2D eigenvalue weighted by molar-refractivity contribution is -0.141. The smallest absolute Gasteiger partial charge is 0.306 e. The van der Waals surface area contributed by atoms with E-state index in [0.717, 1.165) is 25.8 Å². The molecular formula is C9H15NO2. The lowest BCUT2D eigenvalue weighted by Crippen LogP contribution is -2.37. The van der Waals surface area contributed by atoms with Crippen molar-refractivity contribution >= 4 is 5.97 Å². The van der Waals surface area contributed by atoms with Gasteiger partial charge in [-0.15, -0.1) is 0 Å². The molecule has 12 heavy (non-hydrogen) atoms. The fourth-order valence-electron chi connectivity index (χ4n) is 2.59. The predicted octanol–water partition coefficient (Wildman–Crippen LogP) is 0.993. The Morgan fingerprint density at radius 2 is 2.33 bits per heavy atom. The highest BCUT2D eigenvalue weighted by Gasteiger charge is 2.43. The van der Waals surface area contributed by atoms with Gasteiger partial charge in [0.2, 0.25) is 0 Å². The molecule has 3 nitrogen and oxygen atoms in total. The topological polar surface area (TPSA) is 49.3 Å². The monoisotopic (exact) mass is 169 g/mol. The summed E-state index contributed by atoms with van der Waals surface area (Å²) in [7, 11) is 0. The number of carbonyl (C=O) groups is 1. The van der Waals surface area contributed by atoms with Crippen LogP contribution in [0.3, 0.4) is 0 Å². The highest BCUT2D eigenvalue weighted by molar-refractivity contribution is 5.70. The van der Waals surface area contributed by atoms with Crippen molar-refractivity contribution in [1.82, 2.24) is 5.32 Å². The molecule has 2 aliphatic rings. The minimum Gasteiger partial charge on any atom is -0.481 e. The van der Waals surface area contributed by atoms with Gasteiger partial charge in [-0.1, -0.05) is 0 Å². The van der Waals surface area contributed by atoms with E-state index in [1.54, 1.807) is 0 Å². The molecule has 68 valence electrons. The molecule has 1 saturated heterocycles. The normalized spacial score (nSPS) is 40.8. The summed E-state index contributed by atoms with van der Waals surface area (Å²) in [6.07, 6.45) is 5.16. The van der Waals surface area contributed by atoms with Crippen molar-refractivity contribution in [2.24, 2.45) is 5.92 Å². The fraction of sp³-hybridized carbons (Fsp3) is 0.889. The molecule has 2 N–H and O–H groups in total. The number of carboxylic acid groups (broad SMARTS) is 1. The van der Waals surface area contributed by atoms with Crippen LogP contribution >= 0.6 is 0 Å². The van der Waals surface area contributed by atoms with E-state index in [2.05, 4.69) is 5.32 Å². The Kier molecular flexibility index (Phi) is 1.83. The summed E-state index contributed by atoms with van der Waals surface area (Å²) < 4.78 is 0. The first kappa shape index (κ1) is 8.05. The highest BCUT2D eigenvalue weighted by Crippen LogP contribution is 2.40. The molecule has 1 aliphatic heterocycles. The molecule has 2 rings (SSSR count). The minimum absolute atomic E-state index is 0.0874. The van der Waals surface area contributed by atoms with Gasteiger partial charge in [0.25, 0.3) is 0 Å². The zero-order chi connectivity index (χ0) is 8.60. The minimum atomic E-state index is -0.611. The SMILES string of the molecule is O=C(O)[C@H]1CCC2(CCCN2)C1. The van der Waals surface area contributed by atoms with Crippen LogP contribution in [0.1, 0.15) is 32.1 Å². The van der Waals surface area contributed by atoms with E-state index >= 15 is 0 Å². The highest BCUT2D eigenvalue weighted by atomic mass is 16.4. The third-order valence-electron chi connectivity index (χ3n) is 3.29. The maximum absolute atomic E-state index is 10.7. The van der Waals surface area contributed by atoms with Gasteiger partial charge in [0.15, 0.2) is 0 Å². The zero-order valence-corrected chi connectivity index (χ0v) is 7.18. The van der Waals surface area contributed by atoms with E-state index in [9.17, 15) is 4.79 Å². The van der Waals surface area contributed by atoms with Gasteiger partial charge in [0.1, 0.15) is 0 Å². The second-order valence-electron chi connectivity index (χ2n) is 4.09. The Bertz CT molecular complexity index is 197. The second kappa shape index (κ2) is 2.73. The fourth-order valence-corrected chi connectivity index (χ4v) is 2.59. The Hall–Kier alpha value is -0.570. The molecule has 0 aromatic heterocycles. The lowest BCUT2D eigenvalue weighted by atomic mass is 9.94. The molecule has 2 fully saturated rings. The molecule has 2 atom stereocenters. The van der Waals surface area contributed by atoms with Crippen LogP contribution < -0.4 is 5.32 Å². The molecule has 0 amide bonds.